The molecule has 0 radical (unpaired) electrons. The van der Waals surface area contributed by atoms with Gasteiger partial charge in [-0.15, -0.1) is 0 Å². The number of carboxylic acid groups (broad SMARTS) is 1. The first kappa shape index (κ1) is 19.9. The highest BCUT2D eigenvalue weighted by Crippen LogP contribution is 2.37. The predicted octanol–water partition coefficient (Wildman–Crippen LogP) is 4.41. The SMILES string of the molecule is CC(C)C.O=C(O)c1cn2c(cc1=O)-c1c(Cl)c(-c3ccccc3)nn1CC2. The van der Waals surface area contributed by atoms with Crippen LogP contribution in [0.2, 0.25) is 5.02 Å². The van der Waals surface area contributed by atoms with Crippen LogP contribution in [0.4, 0.5) is 0 Å². The van der Waals surface area contributed by atoms with Crippen molar-refractivity contribution >= 4 is 17.6 Å². The zero-order valence-corrected chi connectivity index (χ0v) is 16.8. The molecule has 1 aliphatic rings. The molecule has 0 bridgehead atoms. The molecule has 3 aromatic rings. The maximum Gasteiger partial charge on any atom is 0.341 e. The Morgan fingerprint density at radius 3 is 2.43 bits per heavy atom. The molecule has 7 heteroatoms. The van der Waals surface area contributed by atoms with E-state index < -0.39 is 11.4 Å². The zero-order valence-electron chi connectivity index (χ0n) is 16.0. The van der Waals surface area contributed by atoms with Crippen molar-refractivity contribution < 1.29 is 9.90 Å². The summed E-state index contributed by atoms with van der Waals surface area (Å²) >= 11 is 6.54. The Kier molecular flexibility index (Phi) is 5.70. The number of benzene rings is 1. The summed E-state index contributed by atoms with van der Waals surface area (Å²) in [6.07, 6.45) is 1.37. The third-order valence-electron chi connectivity index (χ3n) is 4.10. The molecule has 0 unspecified atom stereocenters. The highest BCUT2D eigenvalue weighted by atomic mass is 35.5. The summed E-state index contributed by atoms with van der Waals surface area (Å²) in [5.74, 6) is -0.398. The maximum absolute atomic E-state index is 12.1. The molecule has 146 valence electrons. The van der Waals surface area contributed by atoms with E-state index in [0.29, 0.717) is 35.2 Å². The number of pyridine rings is 1. The Morgan fingerprint density at radius 1 is 1.18 bits per heavy atom. The third kappa shape index (κ3) is 3.87. The minimum absolute atomic E-state index is 0.244. The maximum atomic E-state index is 12.1. The Hall–Kier alpha value is -2.86. The van der Waals surface area contributed by atoms with E-state index in [1.54, 1.807) is 9.25 Å². The highest BCUT2D eigenvalue weighted by molar-refractivity contribution is 6.35. The topological polar surface area (TPSA) is 77.1 Å². The Labute approximate surface area is 168 Å². The monoisotopic (exact) mass is 399 g/mol. The van der Waals surface area contributed by atoms with E-state index in [0.717, 1.165) is 11.5 Å². The fourth-order valence-corrected chi connectivity index (χ4v) is 3.29. The molecular formula is C21H22ClN3O3. The van der Waals surface area contributed by atoms with Crippen molar-refractivity contribution in [3.8, 4) is 22.6 Å². The lowest BCUT2D eigenvalue weighted by Gasteiger charge is -2.21. The van der Waals surface area contributed by atoms with Gasteiger partial charge >= 0.3 is 5.97 Å². The normalized spacial score (nSPS) is 12.0. The molecule has 3 heterocycles. The highest BCUT2D eigenvalue weighted by Gasteiger charge is 2.25. The second kappa shape index (κ2) is 8.02. The van der Waals surface area contributed by atoms with Crippen molar-refractivity contribution in [3.63, 3.8) is 0 Å². The average molecular weight is 400 g/mol. The van der Waals surface area contributed by atoms with Crippen LogP contribution < -0.4 is 5.43 Å². The number of carboxylic acids is 1. The molecule has 0 amide bonds. The van der Waals surface area contributed by atoms with Crippen LogP contribution >= 0.6 is 11.6 Å². The van der Waals surface area contributed by atoms with Crippen LogP contribution in [0.5, 0.6) is 0 Å². The average Bonchev–Trinajstić information content (AvgIpc) is 2.98. The third-order valence-corrected chi connectivity index (χ3v) is 4.45. The first-order valence-corrected chi connectivity index (χ1v) is 9.47. The number of hydrogen-bond donors (Lipinski definition) is 1. The first-order valence-electron chi connectivity index (χ1n) is 9.09. The fraction of sp³-hybridized carbons (Fsp3) is 0.286. The number of fused-ring (bicyclic) bond motifs is 3. The van der Waals surface area contributed by atoms with Gasteiger partial charge in [-0.2, -0.15) is 5.10 Å². The molecule has 0 saturated heterocycles. The molecule has 28 heavy (non-hydrogen) atoms. The van der Waals surface area contributed by atoms with Crippen LogP contribution in [0.25, 0.3) is 22.6 Å². The minimum atomic E-state index is -1.23. The standard InChI is InChI=1S/C17H12ClN3O3.C4H10/c18-14-15(10-4-2-1-3-5-10)19-21-7-6-20-9-11(17(23)24)13(22)8-12(20)16(14)21;1-4(2)3/h1-5,8-9H,6-7H2,(H,23,24);4H,1-3H3. The van der Waals surface area contributed by atoms with Crippen molar-refractivity contribution in [2.45, 2.75) is 33.9 Å². The van der Waals surface area contributed by atoms with Crippen molar-refractivity contribution in [2.75, 3.05) is 0 Å². The quantitative estimate of drug-likeness (QED) is 0.692. The summed E-state index contributed by atoms with van der Waals surface area (Å²) in [7, 11) is 0. The number of nitrogens with zero attached hydrogens (tertiary/aromatic N) is 3. The van der Waals surface area contributed by atoms with Gasteiger partial charge in [0.15, 0.2) is 5.43 Å². The zero-order chi connectivity index (χ0) is 20.4. The van der Waals surface area contributed by atoms with Gasteiger partial charge in [-0.25, -0.2) is 4.79 Å². The van der Waals surface area contributed by atoms with Gasteiger partial charge in [0.25, 0.3) is 0 Å². The summed E-state index contributed by atoms with van der Waals surface area (Å²) in [5, 5.41) is 14.1. The van der Waals surface area contributed by atoms with Gasteiger partial charge in [-0.1, -0.05) is 62.7 Å². The van der Waals surface area contributed by atoms with Gasteiger partial charge in [0.2, 0.25) is 0 Å². The summed E-state index contributed by atoms with van der Waals surface area (Å²) < 4.78 is 3.50. The van der Waals surface area contributed by atoms with Crippen LogP contribution in [-0.2, 0) is 13.1 Å². The first-order chi connectivity index (χ1) is 13.3. The number of carbonyl (C=O) groups is 1. The number of rotatable bonds is 2. The number of aryl methyl sites for hydroxylation is 2. The van der Waals surface area contributed by atoms with E-state index in [1.165, 1.54) is 12.3 Å². The van der Waals surface area contributed by atoms with E-state index in [9.17, 15) is 9.59 Å². The smallest absolute Gasteiger partial charge is 0.341 e. The molecule has 2 aromatic heterocycles. The molecule has 0 saturated carbocycles. The largest absolute Gasteiger partial charge is 0.477 e. The lowest BCUT2D eigenvalue weighted by molar-refractivity contribution is 0.0694. The van der Waals surface area contributed by atoms with E-state index >= 15 is 0 Å². The molecule has 0 aliphatic carbocycles. The lowest BCUT2D eigenvalue weighted by atomic mass is 10.1. The van der Waals surface area contributed by atoms with Gasteiger partial charge in [0.05, 0.1) is 17.3 Å². The Balaban J connectivity index is 0.000000516. The second-order valence-electron chi connectivity index (χ2n) is 7.27. The number of hydrogen-bond acceptors (Lipinski definition) is 3. The van der Waals surface area contributed by atoms with Crippen molar-refractivity contribution in [1.82, 2.24) is 14.3 Å². The van der Waals surface area contributed by atoms with E-state index in [2.05, 4.69) is 25.9 Å². The molecule has 0 atom stereocenters. The second-order valence-corrected chi connectivity index (χ2v) is 7.65. The van der Waals surface area contributed by atoms with E-state index in [1.807, 2.05) is 30.3 Å². The Bertz CT molecular complexity index is 1070. The van der Waals surface area contributed by atoms with Gasteiger partial charge in [-0.3, -0.25) is 9.48 Å². The van der Waals surface area contributed by atoms with Crippen molar-refractivity contribution in [2.24, 2.45) is 5.92 Å². The molecule has 6 nitrogen and oxygen atoms in total. The molecule has 4 rings (SSSR count). The number of aromatic nitrogens is 3. The van der Waals surface area contributed by atoms with Crippen molar-refractivity contribution in [1.29, 1.82) is 0 Å². The lowest BCUT2D eigenvalue weighted by Crippen LogP contribution is -2.24. The molecule has 1 aliphatic heterocycles. The Morgan fingerprint density at radius 2 is 1.82 bits per heavy atom. The molecule has 0 spiro atoms. The summed E-state index contributed by atoms with van der Waals surface area (Å²) in [5.41, 5.74) is 1.97. The summed E-state index contributed by atoms with van der Waals surface area (Å²) in [4.78, 5) is 23.2. The van der Waals surface area contributed by atoms with Crippen LogP contribution in [-0.4, -0.2) is 25.4 Å². The fourth-order valence-electron chi connectivity index (χ4n) is 2.95. The molecule has 1 N–H and O–H groups in total. The van der Waals surface area contributed by atoms with E-state index in [4.69, 9.17) is 16.7 Å². The van der Waals surface area contributed by atoms with Crippen molar-refractivity contribution in [3.05, 3.63) is 63.4 Å². The minimum Gasteiger partial charge on any atom is -0.477 e. The number of aromatic carboxylic acids is 1. The summed E-state index contributed by atoms with van der Waals surface area (Å²) in [6, 6.07) is 10.9. The van der Waals surface area contributed by atoms with Crippen LogP contribution in [0.3, 0.4) is 0 Å². The summed E-state index contributed by atoms with van der Waals surface area (Å²) in [6.45, 7) is 7.58. The predicted molar refractivity (Wildman–Crippen MR) is 110 cm³/mol. The van der Waals surface area contributed by atoms with Gasteiger partial charge in [-0.05, 0) is 5.92 Å². The van der Waals surface area contributed by atoms with Gasteiger partial charge in [0.1, 0.15) is 17.0 Å². The van der Waals surface area contributed by atoms with Gasteiger partial charge < -0.3 is 9.67 Å². The molecular weight excluding hydrogens is 378 g/mol. The van der Waals surface area contributed by atoms with Gasteiger partial charge in [0, 0.05) is 24.4 Å². The number of halogens is 1. The van der Waals surface area contributed by atoms with E-state index in [-0.39, 0.29) is 5.56 Å². The van der Waals surface area contributed by atoms with Crippen LogP contribution in [0.15, 0.2) is 47.4 Å². The molecule has 0 fully saturated rings. The van der Waals surface area contributed by atoms with Crippen LogP contribution in [0.1, 0.15) is 31.1 Å². The van der Waals surface area contributed by atoms with Crippen LogP contribution in [0, 0.1) is 5.92 Å². The molecule has 1 aromatic carbocycles.